The predicted molar refractivity (Wildman–Crippen MR) is 94.3 cm³/mol. The van der Waals surface area contributed by atoms with Crippen molar-refractivity contribution in [1.82, 2.24) is 10.3 Å². The Morgan fingerprint density at radius 2 is 1.80 bits per heavy atom. The van der Waals surface area contributed by atoms with Crippen LogP contribution in [-0.2, 0) is 0 Å². The molecule has 1 aromatic heterocycles. The highest BCUT2D eigenvalue weighted by Crippen LogP contribution is 2.29. The quantitative estimate of drug-likeness (QED) is 0.841. The van der Waals surface area contributed by atoms with E-state index < -0.39 is 0 Å². The zero-order valence-corrected chi connectivity index (χ0v) is 14.6. The third-order valence-electron chi connectivity index (χ3n) is 3.33. The average molecular weight is 343 g/mol. The second kappa shape index (κ2) is 8.14. The molecule has 7 heteroatoms. The van der Waals surface area contributed by atoms with Gasteiger partial charge in [-0.15, -0.1) is 0 Å². The van der Waals surface area contributed by atoms with Crippen molar-refractivity contribution in [1.29, 1.82) is 0 Å². The van der Waals surface area contributed by atoms with Crippen molar-refractivity contribution in [3.8, 4) is 11.5 Å². The molecule has 2 aromatic rings. The van der Waals surface area contributed by atoms with Crippen LogP contribution in [0.4, 0.5) is 5.69 Å². The molecule has 0 bridgehead atoms. The van der Waals surface area contributed by atoms with E-state index in [0.29, 0.717) is 22.7 Å². The number of nitrogens with one attached hydrogen (secondary N) is 2. The predicted octanol–water partition coefficient (Wildman–Crippen LogP) is 2.49. The van der Waals surface area contributed by atoms with Gasteiger partial charge in [0.2, 0.25) is 0 Å². The largest absolute Gasteiger partial charge is 0.497 e. The second-order valence-electron chi connectivity index (χ2n) is 5.58. The molecule has 0 aliphatic carbocycles. The van der Waals surface area contributed by atoms with Crippen molar-refractivity contribution < 1.29 is 19.1 Å². The number of methoxy groups -OCH3 is 2. The zero-order chi connectivity index (χ0) is 18.4. The summed E-state index contributed by atoms with van der Waals surface area (Å²) in [6.45, 7) is 3.70. The Balaban J connectivity index is 2.20. The summed E-state index contributed by atoms with van der Waals surface area (Å²) in [6.07, 6.45) is 1.43. The van der Waals surface area contributed by atoms with Crippen LogP contribution in [0.2, 0.25) is 0 Å². The maximum atomic E-state index is 12.5. The number of amides is 2. The highest BCUT2D eigenvalue weighted by molar-refractivity contribution is 6.06. The molecule has 2 amide bonds. The van der Waals surface area contributed by atoms with Gasteiger partial charge < -0.3 is 20.1 Å². The van der Waals surface area contributed by atoms with E-state index in [2.05, 4.69) is 15.6 Å². The molecule has 25 heavy (non-hydrogen) atoms. The van der Waals surface area contributed by atoms with Crippen LogP contribution in [0.25, 0.3) is 0 Å². The SMILES string of the molecule is COc1ccc(NC(=O)c2ccnc(C(=O)NC(C)C)c2)c(OC)c1. The monoisotopic (exact) mass is 343 g/mol. The summed E-state index contributed by atoms with van der Waals surface area (Å²) in [6, 6.07) is 8.04. The summed E-state index contributed by atoms with van der Waals surface area (Å²) in [5, 5.41) is 5.50. The first-order chi connectivity index (χ1) is 11.9. The molecule has 7 nitrogen and oxygen atoms in total. The summed E-state index contributed by atoms with van der Waals surface area (Å²) >= 11 is 0. The van der Waals surface area contributed by atoms with Crippen molar-refractivity contribution >= 4 is 17.5 Å². The van der Waals surface area contributed by atoms with Gasteiger partial charge in [-0.2, -0.15) is 0 Å². The Kier molecular flexibility index (Phi) is 5.94. The summed E-state index contributed by atoms with van der Waals surface area (Å²) in [4.78, 5) is 28.5. The highest BCUT2D eigenvalue weighted by atomic mass is 16.5. The van der Waals surface area contributed by atoms with E-state index in [1.54, 1.807) is 25.3 Å². The fourth-order valence-electron chi connectivity index (χ4n) is 2.13. The zero-order valence-electron chi connectivity index (χ0n) is 14.6. The molecule has 2 N–H and O–H groups in total. The van der Waals surface area contributed by atoms with Gasteiger partial charge in [-0.05, 0) is 38.1 Å². The number of ether oxygens (including phenoxy) is 2. The van der Waals surface area contributed by atoms with Gasteiger partial charge in [-0.3, -0.25) is 14.6 Å². The molecule has 0 aliphatic rings. The first kappa shape index (κ1) is 18.3. The third kappa shape index (κ3) is 4.69. The average Bonchev–Trinajstić information content (AvgIpc) is 2.61. The van der Waals surface area contributed by atoms with Crippen molar-refractivity contribution in [2.24, 2.45) is 0 Å². The molecule has 0 saturated carbocycles. The van der Waals surface area contributed by atoms with Gasteiger partial charge in [0.1, 0.15) is 17.2 Å². The number of carbonyl (C=O) groups is 2. The lowest BCUT2D eigenvalue weighted by molar-refractivity contribution is 0.0938. The first-order valence-electron chi connectivity index (χ1n) is 7.75. The molecule has 0 saturated heterocycles. The third-order valence-corrected chi connectivity index (χ3v) is 3.33. The number of benzene rings is 1. The van der Waals surface area contributed by atoms with E-state index >= 15 is 0 Å². The number of rotatable bonds is 6. The summed E-state index contributed by atoms with van der Waals surface area (Å²) in [7, 11) is 3.05. The fourth-order valence-corrected chi connectivity index (χ4v) is 2.13. The normalized spacial score (nSPS) is 10.3. The van der Waals surface area contributed by atoms with Crippen LogP contribution in [0.15, 0.2) is 36.5 Å². The van der Waals surface area contributed by atoms with Crippen molar-refractivity contribution in [3.05, 3.63) is 47.8 Å². The molecular weight excluding hydrogens is 322 g/mol. The van der Waals surface area contributed by atoms with Crippen LogP contribution < -0.4 is 20.1 Å². The van der Waals surface area contributed by atoms with Crippen molar-refractivity contribution in [3.63, 3.8) is 0 Å². The first-order valence-corrected chi connectivity index (χ1v) is 7.75. The lowest BCUT2D eigenvalue weighted by Gasteiger charge is -2.12. The Labute approximate surface area is 146 Å². The van der Waals surface area contributed by atoms with Gasteiger partial charge in [-0.1, -0.05) is 0 Å². The lowest BCUT2D eigenvalue weighted by Crippen LogP contribution is -2.31. The molecule has 2 rings (SSSR count). The van der Waals surface area contributed by atoms with Crippen molar-refractivity contribution in [2.75, 3.05) is 19.5 Å². The van der Waals surface area contributed by atoms with Gasteiger partial charge >= 0.3 is 0 Å². The number of aromatic nitrogens is 1. The Bertz CT molecular complexity index is 775. The molecule has 0 aliphatic heterocycles. The Morgan fingerprint density at radius 1 is 1.04 bits per heavy atom. The topological polar surface area (TPSA) is 89.5 Å². The van der Waals surface area contributed by atoms with Crippen LogP contribution in [0.1, 0.15) is 34.7 Å². The van der Waals surface area contributed by atoms with Crippen LogP contribution in [-0.4, -0.2) is 37.1 Å². The van der Waals surface area contributed by atoms with Crippen LogP contribution in [0.5, 0.6) is 11.5 Å². The van der Waals surface area contributed by atoms with E-state index in [1.165, 1.54) is 25.4 Å². The van der Waals surface area contributed by atoms with Gasteiger partial charge in [0, 0.05) is 23.9 Å². The molecule has 1 heterocycles. The molecule has 1 aromatic carbocycles. The fraction of sp³-hybridized carbons (Fsp3) is 0.278. The van der Waals surface area contributed by atoms with Gasteiger partial charge in [0.05, 0.1) is 19.9 Å². The maximum Gasteiger partial charge on any atom is 0.270 e. The highest BCUT2D eigenvalue weighted by Gasteiger charge is 2.14. The molecule has 0 spiro atoms. The summed E-state index contributed by atoms with van der Waals surface area (Å²) in [5.41, 5.74) is 1.00. The summed E-state index contributed by atoms with van der Waals surface area (Å²) < 4.78 is 10.4. The number of hydrogen-bond acceptors (Lipinski definition) is 5. The van der Waals surface area contributed by atoms with E-state index in [9.17, 15) is 9.59 Å². The number of hydrogen-bond donors (Lipinski definition) is 2. The molecule has 132 valence electrons. The molecule has 0 unspecified atom stereocenters. The van der Waals surface area contributed by atoms with Gasteiger partial charge in [-0.25, -0.2) is 0 Å². The van der Waals surface area contributed by atoms with E-state index in [-0.39, 0.29) is 23.6 Å². The number of pyridine rings is 1. The minimum absolute atomic E-state index is 0.0182. The Morgan fingerprint density at radius 3 is 2.44 bits per heavy atom. The minimum Gasteiger partial charge on any atom is -0.497 e. The minimum atomic E-state index is -0.371. The molecular formula is C18H21N3O4. The Hall–Kier alpha value is -3.09. The van der Waals surface area contributed by atoms with Crippen LogP contribution >= 0.6 is 0 Å². The lowest BCUT2D eigenvalue weighted by atomic mass is 10.2. The molecule has 0 radical (unpaired) electrons. The number of nitrogens with zero attached hydrogens (tertiary/aromatic N) is 1. The van der Waals surface area contributed by atoms with E-state index in [0.717, 1.165) is 0 Å². The van der Waals surface area contributed by atoms with Crippen molar-refractivity contribution in [2.45, 2.75) is 19.9 Å². The number of carbonyl (C=O) groups excluding carboxylic acids is 2. The van der Waals surface area contributed by atoms with E-state index in [4.69, 9.17) is 9.47 Å². The number of anilines is 1. The van der Waals surface area contributed by atoms with Crippen LogP contribution in [0.3, 0.4) is 0 Å². The van der Waals surface area contributed by atoms with E-state index in [1.807, 2.05) is 13.8 Å². The molecule has 0 fully saturated rings. The summed E-state index contributed by atoms with van der Waals surface area (Å²) in [5.74, 6) is 0.391. The standard InChI is InChI=1S/C18H21N3O4/c1-11(2)20-18(23)15-9-12(7-8-19-15)17(22)21-14-6-5-13(24-3)10-16(14)25-4/h5-11H,1-4H3,(H,20,23)(H,21,22). The van der Waals surface area contributed by atoms with Gasteiger partial charge in [0.25, 0.3) is 11.8 Å². The van der Waals surface area contributed by atoms with Crippen LogP contribution in [0, 0.1) is 0 Å². The van der Waals surface area contributed by atoms with Gasteiger partial charge in [0.15, 0.2) is 0 Å². The molecule has 0 atom stereocenters. The smallest absolute Gasteiger partial charge is 0.270 e. The second-order valence-corrected chi connectivity index (χ2v) is 5.58. The maximum absolute atomic E-state index is 12.5.